The fourth-order valence-electron chi connectivity index (χ4n) is 2.62. The van der Waals surface area contributed by atoms with Crippen LogP contribution in [0.1, 0.15) is 39.0 Å². The molecule has 1 fully saturated rings. The van der Waals surface area contributed by atoms with Crippen molar-refractivity contribution >= 4 is 11.6 Å². The van der Waals surface area contributed by atoms with E-state index in [2.05, 4.69) is 10.2 Å². The number of anilines is 1. The van der Waals surface area contributed by atoms with Gasteiger partial charge in [0.05, 0.1) is 11.7 Å². The fourth-order valence-corrected chi connectivity index (χ4v) is 2.62. The number of para-hydroxylation sites is 1. The van der Waals surface area contributed by atoms with Crippen LogP contribution in [0.15, 0.2) is 24.3 Å². The molecule has 0 spiro atoms. The SMILES string of the molecule is CC(C(=O)Nc1ccccc1F)N1CCCCCCC1. The summed E-state index contributed by atoms with van der Waals surface area (Å²) in [7, 11) is 0. The first-order valence-corrected chi connectivity index (χ1v) is 7.48. The van der Waals surface area contributed by atoms with Crippen molar-refractivity contribution in [3.8, 4) is 0 Å². The van der Waals surface area contributed by atoms with Crippen molar-refractivity contribution in [2.45, 2.75) is 45.1 Å². The van der Waals surface area contributed by atoms with Gasteiger partial charge in [-0.1, -0.05) is 31.4 Å². The summed E-state index contributed by atoms with van der Waals surface area (Å²) in [5, 5.41) is 2.69. The molecule has 0 aromatic heterocycles. The van der Waals surface area contributed by atoms with Gasteiger partial charge in [-0.2, -0.15) is 0 Å². The van der Waals surface area contributed by atoms with Crippen molar-refractivity contribution < 1.29 is 9.18 Å². The van der Waals surface area contributed by atoms with Crippen LogP contribution in [0.4, 0.5) is 10.1 Å². The Morgan fingerprint density at radius 3 is 2.40 bits per heavy atom. The molecule has 1 atom stereocenters. The molecule has 1 N–H and O–H groups in total. The first-order valence-electron chi connectivity index (χ1n) is 7.48. The maximum Gasteiger partial charge on any atom is 0.241 e. The second-order valence-corrected chi connectivity index (χ2v) is 5.45. The van der Waals surface area contributed by atoms with Gasteiger partial charge in [-0.25, -0.2) is 4.39 Å². The molecule has 1 heterocycles. The van der Waals surface area contributed by atoms with E-state index >= 15 is 0 Å². The standard InChI is InChI=1S/C16H23FN2O/c1-13(19-11-7-3-2-4-8-12-19)16(20)18-15-10-6-5-9-14(15)17/h5-6,9-10,13H,2-4,7-8,11-12H2,1H3,(H,18,20). The molecule has 20 heavy (non-hydrogen) atoms. The van der Waals surface area contributed by atoms with Crippen LogP contribution in [-0.2, 0) is 4.79 Å². The molecule has 0 bridgehead atoms. The first-order chi connectivity index (χ1) is 9.68. The molecule has 1 saturated heterocycles. The van der Waals surface area contributed by atoms with Crippen LogP contribution in [0.3, 0.4) is 0 Å². The molecule has 0 radical (unpaired) electrons. The molecule has 1 unspecified atom stereocenters. The molecule has 3 nitrogen and oxygen atoms in total. The molecular weight excluding hydrogens is 255 g/mol. The van der Waals surface area contributed by atoms with Gasteiger partial charge >= 0.3 is 0 Å². The lowest BCUT2D eigenvalue weighted by atomic mass is 10.1. The lowest BCUT2D eigenvalue weighted by molar-refractivity contribution is -0.120. The number of hydrogen-bond acceptors (Lipinski definition) is 2. The van der Waals surface area contributed by atoms with Crippen LogP contribution in [0, 0.1) is 5.82 Å². The zero-order valence-electron chi connectivity index (χ0n) is 12.1. The number of halogens is 1. The minimum absolute atomic E-state index is 0.129. The Morgan fingerprint density at radius 1 is 1.15 bits per heavy atom. The summed E-state index contributed by atoms with van der Waals surface area (Å²) in [6.07, 6.45) is 6.04. The molecule has 0 aliphatic carbocycles. The van der Waals surface area contributed by atoms with Crippen LogP contribution in [0.5, 0.6) is 0 Å². The highest BCUT2D eigenvalue weighted by molar-refractivity contribution is 5.94. The number of carbonyl (C=O) groups is 1. The molecular formula is C16H23FN2O. The minimum atomic E-state index is -0.388. The van der Waals surface area contributed by atoms with Crippen LogP contribution in [0.25, 0.3) is 0 Å². The van der Waals surface area contributed by atoms with Crippen molar-refractivity contribution in [2.24, 2.45) is 0 Å². The summed E-state index contributed by atoms with van der Waals surface area (Å²) < 4.78 is 13.5. The van der Waals surface area contributed by atoms with E-state index < -0.39 is 0 Å². The van der Waals surface area contributed by atoms with E-state index in [0.29, 0.717) is 0 Å². The lowest BCUT2D eigenvalue weighted by Crippen LogP contribution is -2.43. The van der Waals surface area contributed by atoms with E-state index in [9.17, 15) is 9.18 Å². The Hall–Kier alpha value is -1.42. The third kappa shape index (κ3) is 4.04. The molecule has 110 valence electrons. The Labute approximate surface area is 120 Å². The first kappa shape index (κ1) is 15.0. The Bertz CT molecular complexity index is 442. The van der Waals surface area contributed by atoms with Crippen molar-refractivity contribution in [3.63, 3.8) is 0 Å². The number of benzene rings is 1. The molecule has 2 rings (SSSR count). The largest absolute Gasteiger partial charge is 0.322 e. The quantitative estimate of drug-likeness (QED) is 0.919. The summed E-state index contributed by atoms with van der Waals surface area (Å²) in [6, 6.07) is 6.07. The van der Waals surface area contributed by atoms with E-state index in [1.54, 1.807) is 18.2 Å². The van der Waals surface area contributed by atoms with Gasteiger partial charge < -0.3 is 5.32 Å². The Morgan fingerprint density at radius 2 is 1.75 bits per heavy atom. The van der Waals surface area contributed by atoms with Crippen molar-refractivity contribution in [1.82, 2.24) is 4.90 Å². The van der Waals surface area contributed by atoms with Gasteiger partial charge in [-0.05, 0) is 45.0 Å². The predicted octanol–water partition coefficient (Wildman–Crippen LogP) is 3.42. The van der Waals surface area contributed by atoms with Gasteiger partial charge in [0.2, 0.25) is 5.91 Å². The van der Waals surface area contributed by atoms with Crippen molar-refractivity contribution in [1.29, 1.82) is 0 Å². The van der Waals surface area contributed by atoms with E-state index in [-0.39, 0.29) is 23.5 Å². The van der Waals surface area contributed by atoms with Crippen LogP contribution in [0.2, 0.25) is 0 Å². The average Bonchev–Trinajstić information content (AvgIpc) is 2.40. The number of carbonyl (C=O) groups excluding carboxylic acids is 1. The van der Waals surface area contributed by atoms with E-state index in [1.165, 1.54) is 25.3 Å². The second-order valence-electron chi connectivity index (χ2n) is 5.45. The normalized spacial score (nSPS) is 18.9. The molecule has 1 amide bonds. The lowest BCUT2D eigenvalue weighted by Gasteiger charge is -2.29. The van der Waals surface area contributed by atoms with Gasteiger partial charge in [-0.15, -0.1) is 0 Å². The van der Waals surface area contributed by atoms with Gasteiger partial charge in [0.15, 0.2) is 0 Å². The second kappa shape index (κ2) is 7.39. The van der Waals surface area contributed by atoms with E-state index in [0.717, 1.165) is 25.9 Å². The summed E-state index contributed by atoms with van der Waals surface area (Å²) in [5.41, 5.74) is 0.261. The number of likely N-dealkylation sites (tertiary alicyclic amines) is 1. The zero-order chi connectivity index (χ0) is 14.4. The molecule has 1 aliphatic heterocycles. The number of rotatable bonds is 3. The highest BCUT2D eigenvalue weighted by Crippen LogP contribution is 2.16. The number of nitrogens with one attached hydrogen (secondary N) is 1. The minimum Gasteiger partial charge on any atom is -0.322 e. The van der Waals surface area contributed by atoms with Crippen LogP contribution >= 0.6 is 0 Å². The van der Waals surface area contributed by atoms with E-state index in [4.69, 9.17) is 0 Å². The third-order valence-electron chi connectivity index (χ3n) is 3.95. The van der Waals surface area contributed by atoms with Crippen LogP contribution in [-0.4, -0.2) is 29.9 Å². The molecule has 1 aromatic carbocycles. The maximum atomic E-state index is 13.5. The average molecular weight is 278 g/mol. The van der Waals surface area contributed by atoms with E-state index in [1.807, 2.05) is 6.92 Å². The van der Waals surface area contributed by atoms with Gasteiger partial charge in [0.25, 0.3) is 0 Å². The zero-order valence-corrected chi connectivity index (χ0v) is 12.1. The highest BCUT2D eigenvalue weighted by Gasteiger charge is 2.22. The molecule has 4 heteroatoms. The maximum absolute atomic E-state index is 13.5. The number of hydrogen-bond donors (Lipinski definition) is 1. The molecule has 0 saturated carbocycles. The van der Waals surface area contributed by atoms with Gasteiger partial charge in [0, 0.05) is 0 Å². The van der Waals surface area contributed by atoms with Crippen molar-refractivity contribution in [3.05, 3.63) is 30.1 Å². The summed E-state index contributed by atoms with van der Waals surface area (Å²) in [6.45, 7) is 3.80. The third-order valence-corrected chi connectivity index (χ3v) is 3.95. The highest BCUT2D eigenvalue weighted by atomic mass is 19.1. The number of amides is 1. The fraction of sp³-hybridized carbons (Fsp3) is 0.562. The smallest absolute Gasteiger partial charge is 0.241 e. The van der Waals surface area contributed by atoms with Gasteiger partial charge in [0.1, 0.15) is 5.82 Å². The monoisotopic (exact) mass is 278 g/mol. The Balaban J connectivity index is 1.95. The van der Waals surface area contributed by atoms with Crippen LogP contribution < -0.4 is 5.32 Å². The number of nitrogens with zero attached hydrogens (tertiary/aromatic N) is 1. The topological polar surface area (TPSA) is 32.3 Å². The van der Waals surface area contributed by atoms with Gasteiger partial charge in [-0.3, -0.25) is 9.69 Å². The summed E-state index contributed by atoms with van der Waals surface area (Å²) in [5.74, 6) is -0.517. The molecule has 1 aliphatic rings. The molecule has 1 aromatic rings. The Kier molecular flexibility index (Phi) is 5.53. The summed E-state index contributed by atoms with van der Waals surface area (Å²) >= 11 is 0. The predicted molar refractivity (Wildman–Crippen MR) is 79.1 cm³/mol. The summed E-state index contributed by atoms with van der Waals surface area (Å²) in [4.78, 5) is 14.4. The van der Waals surface area contributed by atoms with Crippen molar-refractivity contribution in [2.75, 3.05) is 18.4 Å².